The summed E-state index contributed by atoms with van der Waals surface area (Å²) in [6.07, 6.45) is 1.52. The second-order valence-electron chi connectivity index (χ2n) is 7.79. The normalized spacial score (nSPS) is 10.5. The lowest BCUT2D eigenvalue weighted by Gasteiger charge is -2.13. The fraction of sp³-hybridized carbons (Fsp3) is 0.185. The third-order valence-corrected chi connectivity index (χ3v) is 5.71. The molecule has 0 fully saturated rings. The Kier molecular flexibility index (Phi) is 9.60. The van der Waals surface area contributed by atoms with Gasteiger partial charge in [-0.25, -0.2) is 5.43 Å². The molecule has 36 heavy (non-hydrogen) atoms. The average Bonchev–Trinajstić information content (AvgIpc) is 2.88. The number of carbonyl (C=O) groups excluding carboxylic acids is 2. The molecule has 3 rings (SSSR count). The number of benzene rings is 3. The summed E-state index contributed by atoms with van der Waals surface area (Å²) in [5, 5.41) is 15.7. The summed E-state index contributed by atoms with van der Waals surface area (Å²) >= 11 is 3.49. The smallest absolute Gasteiger partial charge is 0.240 e. The van der Waals surface area contributed by atoms with E-state index >= 15 is 0 Å². The zero-order valence-corrected chi connectivity index (χ0v) is 21.5. The standard InChI is InChI=1S/C27H25BrN4O4/c1-18-5-3-4-6-23(18)31-25(33)11-12-26(34)32-30-16-21-13-22(28)27(24(14-21)35-2)36-17-20-9-7-19(15-29)8-10-20/h3-10,13-14,16H,11-12,17H2,1-2H3,(H,31,33)(H,32,34). The topological polar surface area (TPSA) is 113 Å². The molecule has 3 aromatic rings. The van der Waals surface area contributed by atoms with Crippen LogP contribution in [0, 0.1) is 18.3 Å². The number of ether oxygens (including phenoxy) is 2. The van der Waals surface area contributed by atoms with Gasteiger partial charge in [-0.2, -0.15) is 10.4 Å². The number of halogens is 1. The summed E-state index contributed by atoms with van der Waals surface area (Å²) in [4.78, 5) is 24.2. The molecule has 0 aromatic heterocycles. The van der Waals surface area contributed by atoms with Gasteiger partial charge in [0.25, 0.3) is 0 Å². The van der Waals surface area contributed by atoms with Gasteiger partial charge in [-0.05, 0) is 69.9 Å². The number of nitrogens with one attached hydrogen (secondary N) is 2. The van der Waals surface area contributed by atoms with Gasteiger partial charge in [0, 0.05) is 18.5 Å². The number of hydrazone groups is 1. The van der Waals surface area contributed by atoms with Gasteiger partial charge in [0.15, 0.2) is 11.5 Å². The Morgan fingerprint density at radius 1 is 1.08 bits per heavy atom. The van der Waals surface area contributed by atoms with Crippen LogP contribution in [0.3, 0.4) is 0 Å². The van der Waals surface area contributed by atoms with Gasteiger partial charge in [0.1, 0.15) is 6.61 Å². The van der Waals surface area contributed by atoms with Crippen LogP contribution in [0.1, 0.15) is 35.1 Å². The Morgan fingerprint density at radius 2 is 1.81 bits per heavy atom. The number of nitrogens with zero attached hydrogens (tertiary/aromatic N) is 2. The fourth-order valence-electron chi connectivity index (χ4n) is 3.17. The van der Waals surface area contributed by atoms with Gasteiger partial charge in [-0.3, -0.25) is 9.59 Å². The second-order valence-corrected chi connectivity index (χ2v) is 8.64. The highest BCUT2D eigenvalue weighted by Crippen LogP contribution is 2.36. The van der Waals surface area contributed by atoms with Crippen molar-refractivity contribution in [1.29, 1.82) is 5.26 Å². The van der Waals surface area contributed by atoms with Crippen LogP contribution < -0.4 is 20.2 Å². The van der Waals surface area contributed by atoms with Crippen LogP contribution in [0.2, 0.25) is 0 Å². The molecule has 0 heterocycles. The molecule has 8 nitrogen and oxygen atoms in total. The summed E-state index contributed by atoms with van der Waals surface area (Å²) in [7, 11) is 1.53. The first-order valence-electron chi connectivity index (χ1n) is 11.1. The van der Waals surface area contributed by atoms with Crippen molar-refractivity contribution in [2.75, 3.05) is 12.4 Å². The molecule has 2 amide bonds. The summed E-state index contributed by atoms with van der Waals surface area (Å²) in [6, 6.07) is 20.2. The third kappa shape index (κ3) is 7.68. The third-order valence-electron chi connectivity index (χ3n) is 5.12. The minimum absolute atomic E-state index is 0.00416. The van der Waals surface area contributed by atoms with Crippen molar-refractivity contribution in [3.8, 4) is 17.6 Å². The molecule has 0 bridgehead atoms. The van der Waals surface area contributed by atoms with E-state index in [-0.39, 0.29) is 24.7 Å². The average molecular weight is 549 g/mol. The minimum atomic E-state index is -0.375. The largest absolute Gasteiger partial charge is 0.493 e. The Morgan fingerprint density at radius 3 is 2.50 bits per heavy atom. The summed E-state index contributed by atoms with van der Waals surface area (Å²) in [6.45, 7) is 2.19. The van der Waals surface area contributed by atoms with Crippen LogP contribution in [-0.2, 0) is 16.2 Å². The van der Waals surface area contributed by atoms with Crippen molar-refractivity contribution in [2.45, 2.75) is 26.4 Å². The first kappa shape index (κ1) is 26.4. The van der Waals surface area contributed by atoms with E-state index in [0.29, 0.717) is 33.7 Å². The number of amides is 2. The summed E-state index contributed by atoms with van der Waals surface area (Å²) in [5.74, 6) is 0.384. The molecule has 2 N–H and O–H groups in total. The van der Waals surface area contributed by atoms with Gasteiger partial charge in [0.05, 0.1) is 29.4 Å². The zero-order chi connectivity index (χ0) is 25.9. The highest BCUT2D eigenvalue weighted by atomic mass is 79.9. The molecule has 0 radical (unpaired) electrons. The molecule has 0 spiro atoms. The Balaban J connectivity index is 1.52. The number of nitriles is 1. The monoisotopic (exact) mass is 548 g/mol. The first-order chi connectivity index (χ1) is 17.4. The number of aryl methyl sites for hydroxylation is 1. The fourth-order valence-corrected chi connectivity index (χ4v) is 3.75. The predicted octanol–water partition coefficient (Wildman–Crippen LogP) is 5.09. The molecule has 184 valence electrons. The van der Waals surface area contributed by atoms with Crippen LogP contribution >= 0.6 is 15.9 Å². The van der Waals surface area contributed by atoms with Gasteiger partial charge >= 0.3 is 0 Å². The maximum Gasteiger partial charge on any atom is 0.240 e. The Labute approximate surface area is 218 Å². The molecule has 0 saturated carbocycles. The zero-order valence-electron chi connectivity index (χ0n) is 19.9. The summed E-state index contributed by atoms with van der Waals surface area (Å²) < 4.78 is 12.0. The van der Waals surface area contributed by atoms with Crippen molar-refractivity contribution in [1.82, 2.24) is 5.43 Å². The van der Waals surface area contributed by atoms with Crippen LogP contribution in [0.25, 0.3) is 0 Å². The van der Waals surface area contributed by atoms with Gasteiger partial charge in [-0.15, -0.1) is 0 Å². The predicted molar refractivity (Wildman–Crippen MR) is 141 cm³/mol. The molecule has 0 aliphatic heterocycles. The SMILES string of the molecule is COc1cc(C=NNC(=O)CCC(=O)Nc2ccccc2C)cc(Br)c1OCc1ccc(C#N)cc1. The van der Waals surface area contributed by atoms with E-state index in [2.05, 4.69) is 37.8 Å². The van der Waals surface area contributed by atoms with E-state index in [0.717, 1.165) is 16.8 Å². The van der Waals surface area contributed by atoms with E-state index in [1.807, 2.05) is 43.3 Å². The lowest BCUT2D eigenvalue weighted by atomic mass is 10.1. The first-order valence-corrected chi connectivity index (χ1v) is 11.9. The number of methoxy groups -OCH3 is 1. The van der Waals surface area contributed by atoms with Crippen molar-refractivity contribution >= 4 is 39.6 Å². The quantitative estimate of drug-likeness (QED) is 0.270. The molecule has 0 aliphatic carbocycles. The molecule has 0 aliphatic rings. The number of para-hydroxylation sites is 1. The van der Waals surface area contributed by atoms with E-state index in [9.17, 15) is 9.59 Å². The van der Waals surface area contributed by atoms with Crippen molar-refractivity contribution in [3.05, 3.63) is 87.4 Å². The van der Waals surface area contributed by atoms with Crippen LogP contribution in [0.4, 0.5) is 5.69 Å². The number of hydrogen-bond acceptors (Lipinski definition) is 6. The highest BCUT2D eigenvalue weighted by molar-refractivity contribution is 9.10. The molecule has 0 saturated heterocycles. The van der Waals surface area contributed by atoms with E-state index in [1.54, 1.807) is 24.3 Å². The maximum absolute atomic E-state index is 12.1. The van der Waals surface area contributed by atoms with Crippen LogP contribution in [-0.4, -0.2) is 25.1 Å². The second kappa shape index (κ2) is 13.1. The van der Waals surface area contributed by atoms with Crippen molar-refractivity contribution in [2.24, 2.45) is 5.10 Å². The van der Waals surface area contributed by atoms with E-state index in [1.165, 1.54) is 13.3 Å². The molecular weight excluding hydrogens is 524 g/mol. The number of anilines is 1. The minimum Gasteiger partial charge on any atom is -0.493 e. The molecule has 3 aromatic carbocycles. The number of hydrogen-bond donors (Lipinski definition) is 2. The molecule has 9 heteroatoms. The van der Waals surface area contributed by atoms with Crippen molar-refractivity contribution < 1.29 is 19.1 Å². The van der Waals surface area contributed by atoms with E-state index in [4.69, 9.17) is 14.7 Å². The van der Waals surface area contributed by atoms with E-state index < -0.39 is 0 Å². The Bertz CT molecular complexity index is 1300. The lowest BCUT2D eigenvalue weighted by molar-refractivity contribution is -0.124. The van der Waals surface area contributed by atoms with Gasteiger partial charge < -0.3 is 14.8 Å². The number of rotatable bonds is 10. The summed E-state index contributed by atoms with van der Waals surface area (Å²) in [5.41, 5.74) is 6.26. The van der Waals surface area contributed by atoms with Crippen LogP contribution in [0.5, 0.6) is 11.5 Å². The molecule has 0 atom stereocenters. The highest BCUT2D eigenvalue weighted by Gasteiger charge is 2.12. The lowest BCUT2D eigenvalue weighted by Crippen LogP contribution is -2.20. The number of carbonyl (C=O) groups is 2. The van der Waals surface area contributed by atoms with Gasteiger partial charge in [-0.1, -0.05) is 30.3 Å². The molecular formula is C27H25BrN4O4. The Hall–Kier alpha value is -4.16. The maximum atomic E-state index is 12.1. The van der Waals surface area contributed by atoms with Crippen molar-refractivity contribution in [3.63, 3.8) is 0 Å². The van der Waals surface area contributed by atoms with Gasteiger partial charge in [0.2, 0.25) is 11.8 Å². The van der Waals surface area contributed by atoms with Crippen LogP contribution in [0.15, 0.2) is 70.2 Å². The molecule has 0 unspecified atom stereocenters.